The minimum atomic E-state index is -2.31. The molecule has 0 radical (unpaired) electrons. The standard InChI is InChI=1S/C12H13NO6/c1-3-19-11(15)12(2,16)10(14)8-4-6-9(7-5-8)13(17)18/h4-7,16H,3H2,1-2H3. The first-order valence-corrected chi connectivity index (χ1v) is 5.49. The number of hydrogen-bond acceptors (Lipinski definition) is 6. The van der Waals surface area contributed by atoms with Crippen molar-refractivity contribution in [2.24, 2.45) is 0 Å². The largest absolute Gasteiger partial charge is 0.464 e. The van der Waals surface area contributed by atoms with Crippen molar-refractivity contribution in [3.63, 3.8) is 0 Å². The van der Waals surface area contributed by atoms with Gasteiger partial charge in [-0.3, -0.25) is 14.9 Å². The number of Topliss-reactive ketones (excluding diaryl/α,β-unsaturated/α-hetero) is 1. The number of rotatable bonds is 5. The van der Waals surface area contributed by atoms with Crippen molar-refractivity contribution in [2.45, 2.75) is 19.4 Å². The first-order chi connectivity index (χ1) is 8.80. The van der Waals surface area contributed by atoms with Crippen molar-refractivity contribution in [1.82, 2.24) is 0 Å². The van der Waals surface area contributed by atoms with Crippen molar-refractivity contribution < 1.29 is 24.4 Å². The minimum Gasteiger partial charge on any atom is -0.464 e. The van der Waals surface area contributed by atoms with E-state index in [0.717, 1.165) is 19.1 Å². The number of nitrogens with zero attached hydrogens (tertiary/aromatic N) is 1. The van der Waals surface area contributed by atoms with E-state index in [1.807, 2.05) is 0 Å². The summed E-state index contributed by atoms with van der Waals surface area (Å²) >= 11 is 0. The predicted octanol–water partition coefficient (Wildman–Crippen LogP) is 1.09. The quantitative estimate of drug-likeness (QED) is 0.281. The maximum atomic E-state index is 11.9. The minimum absolute atomic E-state index is 0.0105. The van der Waals surface area contributed by atoms with E-state index in [1.165, 1.54) is 12.1 Å². The first-order valence-electron chi connectivity index (χ1n) is 5.49. The summed E-state index contributed by atoms with van der Waals surface area (Å²) in [7, 11) is 0. The number of ether oxygens (including phenoxy) is 1. The van der Waals surface area contributed by atoms with Crippen LogP contribution in [0.25, 0.3) is 0 Å². The number of nitro groups is 1. The zero-order valence-corrected chi connectivity index (χ0v) is 10.5. The third-order valence-electron chi connectivity index (χ3n) is 2.46. The van der Waals surface area contributed by atoms with Gasteiger partial charge in [0.2, 0.25) is 11.4 Å². The number of carbonyl (C=O) groups excluding carboxylic acids is 2. The van der Waals surface area contributed by atoms with Crippen LogP contribution >= 0.6 is 0 Å². The highest BCUT2D eigenvalue weighted by molar-refractivity contribution is 6.14. The molecule has 1 rings (SSSR count). The Kier molecular flexibility index (Phi) is 4.34. The molecule has 0 heterocycles. The summed E-state index contributed by atoms with van der Waals surface area (Å²) in [6.45, 7) is 2.60. The Morgan fingerprint density at radius 1 is 1.37 bits per heavy atom. The van der Waals surface area contributed by atoms with Crippen molar-refractivity contribution in [3.8, 4) is 0 Å². The molecule has 0 aliphatic heterocycles. The smallest absolute Gasteiger partial charge is 0.346 e. The van der Waals surface area contributed by atoms with Gasteiger partial charge in [0.1, 0.15) is 0 Å². The van der Waals surface area contributed by atoms with Gasteiger partial charge in [-0.15, -0.1) is 0 Å². The first kappa shape index (κ1) is 14.8. The number of esters is 1. The van der Waals surface area contributed by atoms with Gasteiger partial charge in [-0.05, 0) is 26.0 Å². The van der Waals surface area contributed by atoms with Crippen LogP contribution in [0.4, 0.5) is 5.69 Å². The summed E-state index contributed by atoms with van der Waals surface area (Å²) < 4.78 is 4.59. The van der Waals surface area contributed by atoms with Gasteiger partial charge in [0, 0.05) is 17.7 Å². The van der Waals surface area contributed by atoms with Crippen LogP contribution in [0.3, 0.4) is 0 Å². The Hall–Kier alpha value is -2.28. The summed E-state index contributed by atoms with van der Waals surface area (Å²) in [5, 5.41) is 20.3. The maximum absolute atomic E-state index is 11.9. The molecule has 19 heavy (non-hydrogen) atoms. The maximum Gasteiger partial charge on any atom is 0.346 e. The number of carbonyl (C=O) groups is 2. The Morgan fingerprint density at radius 3 is 2.32 bits per heavy atom. The zero-order chi connectivity index (χ0) is 14.6. The molecule has 1 N–H and O–H groups in total. The lowest BCUT2D eigenvalue weighted by Gasteiger charge is -2.19. The fourth-order valence-electron chi connectivity index (χ4n) is 1.38. The monoisotopic (exact) mass is 267 g/mol. The van der Waals surface area contributed by atoms with Gasteiger partial charge in [-0.2, -0.15) is 0 Å². The van der Waals surface area contributed by atoms with E-state index in [0.29, 0.717) is 0 Å². The Labute approximate surface area is 109 Å². The van der Waals surface area contributed by atoms with Gasteiger partial charge in [0.05, 0.1) is 11.5 Å². The van der Waals surface area contributed by atoms with Crippen LogP contribution in [0.1, 0.15) is 24.2 Å². The normalized spacial score (nSPS) is 13.4. The summed E-state index contributed by atoms with van der Waals surface area (Å²) in [5.41, 5.74) is -2.51. The Morgan fingerprint density at radius 2 is 1.89 bits per heavy atom. The molecule has 0 aliphatic carbocycles. The molecule has 0 fully saturated rings. The molecule has 0 aliphatic rings. The molecule has 0 spiro atoms. The van der Waals surface area contributed by atoms with E-state index in [9.17, 15) is 24.8 Å². The molecule has 7 heteroatoms. The lowest BCUT2D eigenvalue weighted by atomic mass is 9.95. The summed E-state index contributed by atoms with van der Waals surface area (Å²) in [6.07, 6.45) is 0. The van der Waals surface area contributed by atoms with E-state index in [-0.39, 0.29) is 17.9 Å². The van der Waals surface area contributed by atoms with Crippen LogP contribution in [0.5, 0.6) is 0 Å². The average Bonchev–Trinajstić information content (AvgIpc) is 2.38. The molecular formula is C12H13NO6. The fourth-order valence-corrected chi connectivity index (χ4v) is 1.38. The summed E-state index contributed by atoms with van der Waals surface area (Å²) in [6, 6.07) is 4.59. The molecule has 1 atom stereocenters. The van der Waals surface area contributed by atoms with Crippen LogP contribution < -0.4 is 0 Å². The van der Waals surface area contributed by atoms with Crippen LogP contribution in [0.15, 0.2) is 24.3 Å². The third-order valence-corrected chi connectivity index (χ3v) is 2.46. The third kappa shape index (κ3) is 3.14. The lowest BCUT2D eigenvalue weighted by Crippen LogP contribution is -2.44. The fraction of sp³-hybridized carbons (Fsp3) is 0.333. The van der Waals surface area contributed by atoms with E-state index < -0.39 is 22.3 Å². The molecule has 0 saturated heterocycles. The molecule has 0 amide bonds. The van der Waals surface area contributed by atoms with Crippen LogP contribution in [-0.2, 0) is 9.53 Å². The van der Waals surface area contributed by atoms with Crippen molar-refractivity contribution in [3.05, 3.63) is 39.9 Å². The van der Waals surface area contributed by atoms with Crippen LogP contribution in [0, 0.1) is 10.1 Å². The Balaban J connectivity index is 2.99. The van der Waals surface area contributed by atoms with Crippen molar-refractivity contribution >= 4 is 17.4 Å². The number of hydrogen-bond donors (Lipinski definition) is 1. The topological polar surface area (TPSA) is 107 Å². The van der Waals surface area contributed by atoms with E-state index in [2.05, 4.69) is 4.74 Å². The lowest BCUT2D eigenvalue weighted by molar-refractivity contribution is -0.384. The summed E-state index contributed by atoms with van der Waals surface area (Å²) in [5.74, 6) is -1.93. The van der Waals surface area contributed by atoms with Gasteiger partial charge in [-0.1, -0.05) is 0 Å². The summed E-state index contributed by atoms with van der Waals surface area (Å²) in [4.78, 5) is 33.3. The predicted molar refractivity (Wildman–Crippen MR) is 64.7 cm³/mol. The second kappa shape index (κ2) is 5.57. The average molecular weight is 267 g/mol. The van der Waals surface area contributed by atoms with Crippen LogP contribution in [-0.4, -0.2) is 34.0 Å². The van der Waals surface area contributed by atoms with Crippen molar-refractivity contribution in [1.29, 1.82) is 0 Å². The highest BCUT2D eigenvalue weighted by Gasteiger charge is 2.40. The molecule has 102 valence electrons. The highest BCUT2D eigenvalue weighted by Crippen LogP contribution is 2.18. The SMILES string of the molecule is CCOC(=O)C(C)(O)C(=O)c1ccc([N+](=O)[O-])cc1. The number of non-ortho nitro benzene ring substituents is 1. The second-order valence-electron chi connectivity index (χ2n) is 3.93. The van der Waals surface area contributed by atoms with Gasteiger partial charge in [0.15, 0.2) is 0 Å². The number of benzene rings is 1. The van der Waals surface area contributed by atoms with Gasteiger partial charge in [0.25, 0.3) is 5.69 Å². The molecule has 1 aromatic rings. The molecular weight excluding hydrogens is 254 g/mol. The molecule has 0 saturated carbocycles. The van der Waals surface area contributed by atoms with E-state index in [1.54, 1.807) is 6.92 Å². The number of ketones is 1. The van der Waals surface area contributed by atoms with Crippen molar-refractivity contribution in [2.75, 3.05) is 6.61 Å². The second-order valence-corrected chi connectivity index (χ2v) is 3.93. The number of aliphatic hydroxyl groups is 1. The van der Waals surface area contributed by atoms with Gasteiger partial charge >= 0.3 is 5.97 Å². The molecule has 0 bridgehead atoms. The molecule has 1 unspecified atom stereocenters. The molecule has 7 nitrogen and oxygen atoms in total. The Bertz CT molecular complexity index is 505. The van der Waals surface area contributed by atoms with E-state index in [4.69, 9.17) is 0 Å². The van der Waals surface area contributed by atoms with Crippen LogP contribution in [0.2, 0.25) is 0 Å². The van der Waals surface area contributed by atoms with E-state index >= 15 is 0 Å². The van der Waals surface area contributed by atoms with Gasteiger partial charge in [-0.25, -0.2) is 4.79 Å². The zero-order valence-electron chi connectivity index (χ0n) is 10.5. The molecule has 0 aromatic heterocycles. The molecule has 1 aromatic carbocycles. The number of nitro benzene ring substituents is 1. The highest BCUT2D eigenvalue weighted by atomic mass is 16.6. The van der Waals surface area contributed by atoms with Gasteiger partial charge < -0.3 is 9.84 Å².